The normalized spacial score (nSPS) is 10.3. The molecule has 8 nitrogen and oxygen atoms in total. The van der Waals surface area contributed by atoms with Gasteiger partial charge >= 0.3 is 12.6 Å². The van der Waals surface area contributed by atoms with Crippen molar-refractivity contribution in [2.75, 3.05) is 33.3 Å². The van der Waals surface area contributed by atoms with Crippen molar-refractivity contribution in [1.29, 1.82) is 0 Å². The molecule has 0 spiro atoms. The van der Waals surface area contributed by atoms with Crippen LogP contribution in [0.15, 0.2) is 36.4 Å². The van der Waals surface area contributed by atoms with Crippen LogP contribution < -0.4 is 24.3 Å². The van der Waals surface area contributed by atoms with E-state index in [1.165, 1.54) is 57.7 Å². The molecule has 0 aliphatic rings. The second-order valence-corrected chi connectivity index (χ2v) is 5.43. The van der Waals surface area contributed by atoms with Crippen LogP contribution in [0.5, 0.6) is 23.0 Å². The number of halogens is 2. The summed E-state index contributed by atoms with van der Waals surface area (Å²) in [5.41, 5.74) is 0.364. The first kappa shape index (κ1) is 21.7. The minimum atomic E-state index is -2.94. The fraction of sp³-hybridized carbons (Fsp3) is 0.263. The van der Waals surface area contributed by atoms with Crippen LogP contribution in [0.4, 0.5) is 14.5 Å². The van der Waals surface area contributed by atoms with Crippen molar-refractivity contribution in [3.05, 3.63) is 42.0 Å². The summed E-state index contributed by atoms with van der Waals surface area (Å²) in [5, 5.41) is 2.46. The van der Waals surface area contributed by atoms with Crippen LogP contribution in [0.1, 0.15) is 10.4 Å². The first-order valence-corrected chi connectivity index (χ1v) is 8.19. The predicted octanol–water partition coefficient (Wildman–Crippen LogP) is 3.11. The minimum absolute atomic E-state index is 0.0476. The van der Waals surface area contributed by atoms with Gasteiger partial charge < -0.3 is 29.0 Å². The van der Waals surface area contributed by atoms with Crippen molar-refractivity contribution in [2.45, 2.75) is 6.61 Å². The molecule has 10 heteroatoms. The maximum atomic E-state index is 12.3. The zero-order chi connectivity index (χ0) is 21.4. The number of rotatable bonds is 9. The highest BCUT2D eigenvalue weighted by atomic mass is 19.3. The van der Waals surface area contributed by atoms with Gasteiger partial charge in [0.2, 0.25) is 0 Å². The SMILES string of the molecule is COc1cc(OC)c(C(=O)OCC(=O)Nc2ccc(OC(F)F)cc2)cc1OC. The van der Waals surface area contributed by atoms with Gasteiger partial charge in [0.25, 0.3) is 5.91 Å². The molecule has 0 atom stereocenters. The number of methoxy groups -OCH3 is 3. The summed E-state index contributed by atoms with van der Waals surface area (Å²) in [6.07, 6.45) is 0. The predicted molar refractivity (Wildman–Crippen MR) is 98.1 cm³/mol. The lowest BCUT2D eigenvalue weighted by atomic mass is 10.1. The quantitative estimate of drug-likeness (QED) is 0.634. The average molecular weight is 411 g/mol. The number of hydrogen-bond donors (Lipinski definition) is 1. The van der Waals surface area contributed by atoms with Crippen molar-refractivity contribution in [3.8, 4) is 23.0 Å². The highest BCUT2D eigenvalue weighted by Crippen LogP contribution is 2.34. The highest BCUT2D eigenvalue weighted by molar-refractivity contribution is 5.97. The first-order chi connectivity index (χ1) is 13.9. The summed E-state index contributed by atoms with van der Waals surface area (Å²) >= 11 is 0. The van der Waals surface area contributed by atoms with Crippen molar-refractivity contribution >= 4 is 17.6 Å². The molecule has 0 aliphatic carbocycles. The molecule has 0 aromatic heterocycles. The maximum Gasteiger partial charge on any atom is 0.387 e. The molecule has 0 fully saturated rings. The van der Waals surface area contributed by atoms with Gasteiger partial charge in [0.05, 0.1) is 21.3 Å². The maximum absolute atomic E-state index is 12.3. The lowest BCUT2D eigenvalue weighted by molar-refractivity contribution is -0.119. The van der Waals surface area contributed by atoms with Crippen molar-refractivity contribution in [1.82, 2.24) is 0 Å². The number of amides is 1. The number of carbonyl (C=O) groups excluding carboxylic acids is 2. The van der Waals surface area contributed by atoms with Crippen LogP contribution >= 0.6 is 0 Å². The Morgan fingerprint density at radius 3 is 2.07 bits per heavy atom. The molecule has 0 unspecified atom stereocenters. The van der Waals surface area contributed by atoms with Gasteiger partial charge in [0.15, 0.2) is 18.1 Å². The van der Waals surface area contributed by atoms with E-state index >= 15 is 0 Å². The van der Waals surface area contributed by atoms with Gasteiger partial charge in [-0.05, 0) is 24.3 Å². The van der Waals surface area contributed by atoms with Gasteiger partial charge in [0.1, 0.15) is 17.1 Å². The van der Waals surface area contributed by atoms with Crippen molar-refractivity contribution < 1.29 is 42.1 Å². The van der Waals surface area contributed by atoms with Crippen LogP contribution in [0.25, 0.3) is 0 Å². The summed E-state index contributed by atoms with van der Waals surface area (Å²) in [7, 11) is 4.21. The number of benzene rings is 2. The van der Waals surface area contributed by atoms with E-state index in [0.717, 1.165) is 0 Å². The fourth-order valence-corrected chi connectivity index (χ4v) is 2.31. The minimum Gasteiger partial charge on any atom is -0.496 e. The van der Waals surface area contributed by atoms with Gasteiger partial charge in [-0.1, -0.05) is 0 Å². The summed E-state index contributed by atoms with van der Waals surface area (Å²) in [5.74, 6) is -0.652. The monoisotopic (exact) mass is 411 g/mol. The van der Waals surface area contributed by atoms with E-state index in [4.69, 9.17) is 18.9 Å². The van der Waals surface area contributed by atoms with Crippen molar-refractivity contribution in [3.63, 3.8) is 0 Å². The Kier molecular flexibility index (Phi) is 7.58. The zero-order valence-corrected chi connectivity index (χ0v) is 15.9. The standard InChI is InChI=1S/C19H19F2NO7/c1-25-14-9-16(27-3)15(26-2)8-13(14)18(24)28-10-17(23)22-11-4-6-12(7-5-11)29-19(20)21/h4-9,19H,10H2,1-3H3,(H,22,23). The summed E-state index contributed by atoms with van der Waals surface area (Å²) in [4.78, 5) is 24.3. The molecule has 0 aliphatic heterocycles. The van der Waals surface area contributed by atoms with Crippen LogP contribution in [0.3, 0.4) is 0 Å². The Bertz CT molecular complexity index is 856. The van der Waals surface area contributed by atoms with E-state index in [0.29, 0.717) is 11.4 Å². The van der Waals surface area contributed by atoms with Gasteiger partial charge in [0, 0.05) is 17.8 Å². The van der Waals surface area contributed by atoms with Gasteiger partial charge in [-0.15, -0.1) is 0 Å². The molecule has 2 rings (SSSR count). The van der Waals surface area contributed by atoms with E-state index in [1.54, 1.807) is 0 Å². The topological polar surface area (TPSA) is 92.3 Å². The molecular formula is C19H19F2NO7. The van der Waals surface area contributed by atoms with E-state index < -0.39 is 25.1 Å². The lowest BCUT2D eigenvalue weighted by Crippen LogP contribution is -2.21. The molecule has 0 bridgehead atoms. The van der Waals surface area contributed by atoms with Crippen LogP contribution in [0, 0.1) is 0 Å². The molecule has 0 saturated heterocycles. The molecule has 29 heavy (non-hydrogen) atoms. The Morgan fingerprint density at radius 2 is 1.52 bits per heavy atom. The zero-order valence-electron chi connectivity index (χ0n) is 15.9. The van der Waals surface area contributed by atoms with Crippen LogP contribution in [0.2, 0.25) is 0 Å². The smallest absolute Gasteiger partial charge is 0.387 e. The second kappa shape index (κ2) is 10.1. The van der Waals surface area contributed by atoms with E-state index in [9.17, 15) is 18.4 Å². The molecule has 0 radical (unpaired) electrons. The molecular weight excluding hydrogens is 392 g/mol. The number of esters is 1. The summed E-state index contributed by atoms with van der Waals surface area (Å²) < 4.78 is 48.9. The third-order valence-electron chi connectivity index (χ3n) is 3.62. The largest absolute Gasteiger partial charge is 0.496 e. The number of ether oxygens (including phenoxy) is 5. The van der Waals surface area contributed by atoms with Gasteiger partial charge in [-0.25, -0.2) is 4.79 Å². The number of nitrogens with one attached hydrogen (secondary N) is 1. The van der Waals surface area contributed by atoms with E-state index in [2.05, 4.69) is 10.1 Å². The summed E-state index contributed by atoms with van der Waals surface area (Å²) in [6.45, 7) is -3.52. The molecule has 0 heterocycles. The second-order valence-electron chi connectivity index (χ2n) is 5.43. The van der Waals surface area contributed by atoms with Crippen LogP contribution in [-0.2, 0) is 9.53 Å². The molecule has 1 N–H and O–H groups in total. The number of anilines is 1. The van der Waals surface area contributed by atoms with Crippen molar-refractivity contribution in [2.24, 2.45) is 0 Å². The van der Waals surface area contributed by atoms with E-state index in [-0.39, 0.29) is 22.8 Å². The Balaban J connectivity index is 1.98. The Morgan fingerprint density at radius 1 is 0.931 bits per heavy atom. The fourth-order valence-electron chi connectivity index (χ4n) is 2.31. The molecule has 156 valence electrons. The third kappa shape index (κ3) is 5.96. The molecule has 0 saturated carbocycles. The average Bonchev–Trinajstić information content (AvgIpc) is 2.71. The lowest BCUT2D eigenvalue weighted by Gasteiger charge is -2.13. The summed E-state index contributed by atoms with van der Waals surface area (Å²) in [6, 6.07) is 8.10. The molecule has 2 aromatic rings. The highest BCUT2D eigenvalue weighted by Gasteiger charge is 2.20. The molecule has 1 amide bonds. The van der Waals surface area contributed by atoms with Gasteiger partial charge in [-0.3, -0.25) is 4.79 Å². The third-order valence-corrected chi connectivity index (χ3v) is 3.62. The van der Waals surface area contributed by atoms with Gasteiger partial charge in [-0.2, -0.15) is 8.78 Å². The number of carbonyl (C=O) groups is 2. The molecule has 2 aromatic carbocycles. The Hall–Kier alpha value is -3.56. The first-order valence-electron chi connectivity index (χ1n) is 8.19. The Labute approximate surface area is 165 Å². The van der Waals surface area contributed by atoms with E-state index in [1.807, 2.05) is 0 Å². The number of alkyl halides is 2. The van der Waals surface area contributed by atoms with Crippen LogP contribution in [-0.4, -0.2) is 46.4 Å². The number of hydrogen-bond acceptors (Lipinski definition) is 7.